The molecule has 0 heterocycles. The monoisotopic (exact) mass is 268 g/mol. The van der Waals surface area contributed by atoms with Gasteiger partial charge in [0.15, 0.2) is 0 Å². The Morgan fingerprint density at radius 1 is 1.05 bits per heavy atom. The lowest BCUT2D eigenvalue weighted by Crippen LogP contribution is -2.02. The number of aromatic hydroxyl groups is 2. The van der Waals surface area contributed by atoms with Crippen LogP contribution >= 0.6 is 0 Å². The second-order valence-corrected chi connectivity index (χ2v) is 4.56. The summed E-state index contributed by atoms with van der Waals surface area (Å²) in [5.74, 6) is 0.378. The summed E-state index contributed by atoms with van der Waals surface area (Å²) in [6, 6.07) is 11.4. The molecule has 0 fully saturated rings. The maximum absolute atomic E-state index is 9.48. The van der Waals surface area contributed by atoms with Gasteiger partial charge in [-0.25, -0.2) is 0 Å². The van der Waals surface area contributed by atoms with Gasteiger partial charge in [0.05, 0.1) is 5.71 Å². The fourth-order valence-electron chi connectivity index (χ4n) is 1.80. The molecule has 4 nitrogen and oxygen atoms in total. The standard InChI is InChI=1S/C16H16N2O2/c1-10-8-12(4-7-16(10)20)15(18)9-14(17)11-2-5-13(19)6-3-11/h2-9,18-20H,17H2,1H3/b14-9-,18-15?. The molecule has 2 aromatic carbocycles. The largest absolute Gasteiger partial charge is 0.508 e. The zero-order valence-electron chi connectivity index (χ0n) is 11.1. The predicted molar refractivity (Wildman–Crippen MR) is 79.9 cm³/mol. The minimum absolute atomic E-state index is 0.172. The van der Waals surface area contributed by atoms with Crippen LogP contribution < -0.4 is 5.73 Å². The number of nitrogens with one attached hydrogen (secondary N) is 1. The molecule has 4 heteroatoms. The Labute approximate surface area is 117 Å². The molecular formula is C16H16N2O2. The zero-order chi connectivity index (χ0) is 14.7. The van der Waals surface area contributed by atoms with Gasteiger partial charge in [0, 0.05) is 5.70 Å². The van der Waals surface area contributed by atoms with Crippen LogP contribution in [0, 0.1) is 12.3 Å². The molecule has 0 amide bonds. The fraction of sp³-hybridized carbons (Fsp3) is 0.0625. The van der Waals surface area contributed by atoms with Crippen LogP contribution in [0.3, 0.4) is 0 Å². The summed E-state index contributed by atoms with van der Waals surface area (Å²) in [5.41, 5.74) is 8.78. The van der Waals surface area contributed by atoms with Crippen molar-refractivity contribution in [2.75, 3.05) is 0 Å². The molecule has 0 spiro atoms. The number of hydrogen-bond donors (Lipinski definition) is 4. The highest BCUT2D eigenvalue weighted by atomic mass is 16.3. The molecule has 0 bridgehead atoms. The third kappa shape index (κ3) is 2.98. The van der Waals surface area contributed by atoms with Crippen molar-refractivity contribution in [3.8, 4) is 11.5 Å². The maximum Gasteiger partial charge on any atom is 0.118 e. The van der Waals surface area contributed by atoms with Gasteiger partial charge in [-0.05, 0) is 72.2 Å². The molecule has 0 unspecified atom stereocenters. The molecule has 0 aliphatic rings. The quantitative estimate of drug-likeness (QED) is 0.645. The summed E-state index contributed by atoms with van der Waals surface area (Å²) in [4.78, 5) is 0. The molecule has 0 aliphatic carbocycles. The first kappa shape index (κ1) is 13.7. The van der Waals surface area contributed by atoms with E-state index >= 15 is 0 Å². The molecule has 0 aromatic heterocycles. The van der Waals surface area contributed by atoms with Crippen molar-refractivity contribution in [3.63, 3.8) is 0 Å². The first-order valence-electron chi connectivity index (χ1n) is 6.12. The molecule has 0 saturated heterocycles. The van der Waals surface area contributed by atoms with E-state index in [0.29, 0.717) is 16.8 Å². The Bertz CT molecular complexity index is 673. The van der Waals surface area contributed by atoms with Gasteiger partial charge in [0.1, 0.15) is 11.5 Å². The van der Waals surface area contributed by atoms with Crippen LogP contribution in [-0.4, -0.2) is 15.9 Å². The molecule has 102 valence electrons. The minimum atomic E-state index is 0.172. The van der Waals surface area contributed by atoms with E-state index in [-0.39, 0.29) is 17.2 Å². The first-order valence-corrected chi connectivity index (χ1v) is 6.12. The van der Waals surface area contributed by atoms with Crippen LogP contribution in [0.25, 0.3) is 5.70 Å². The summed E-state index contributed by atoms with van der Waals surface area (Å²) in [6.07, 6.45) is 1.55. The highest BCUT2D eigenvalue weighted by Gasteiger charge is 2.04. The Morgan fingerprint density at radius 2 is 1.65 bits per heavy atom. The summed E-state index contributed by atoms with van der Waals surface area (Å²) < 4.78 is 0. The molecule has 2 rings (SSSR count). The van der Waals surface area contributed by atoms with Crippen LogP contribution in [0.4, 0.5) is 0 Å². The average molecular weight is 268 g/mol. The summed E-state index contributed by atoms with van der Waals surface area (Å²) in [5, 5.41) is 26.7. The molecule has 0 atom stereocenters. The van der Waals surface area contributed by atoms with Crippen LogP contribution in [0.5, 0.6) is 11.5 Å². The van der Waals surface area contributed by atoms with E-state index in [1.807, 2.05) is 0 Å². The number of nitrogens with two attached hydrogens (primary N) is 1. The van der Waals surface area contributed by atoms with E-state index in [2.05, 4.69) is 0 Å². The predicted octanol–water partition coefficient (Wildman–Crippen LogP) is 2.77. The molecule has 0 radical (unpaired) electrons. The van der Waals surface area contributed by atoms with Gasteiger partial charge >= 0.3 is 0 Å². The number of hydrogen-bond acceptors (Lipinski definition) is 4. The topological polar surface area (TPSA) is 90.3 Å². The second-order valence-electron chi connectivity index (χ2n) is 4.56. The number of phenols is 2. The summed E-state index contributed by atoms with van der Waals surface area (Å²) >= 11 is 0. The Morgan fingerprint density at radius 3 is 2.25 bits per heavy atom. The van der Waals surface area contributed by atoms with Crippen LogP contribution in [0.2, 0.25) is 0 Å². The fourth-order valence-corrected chi connectivity index (χ4v) is 1.80. The normalized spacial score (nSPS) is 11.3. The number of allylic oxidation sites excluding steroid dienone is 1. The number of rotatable bonds is 3. The lowest BCUT2D eigenvalue weighted by atomic mass is 10.0. The number of aryl methyl sites for hydroxylation is 1. The van der Waals surface area contributed by atoms with Crippen LogP contribution in [0.1, 0.15) is 16.7 Å². The van der Waals surface area contributed by atoms with Gasteiger partial charge in [0.2, 0.25) is 0 Å². The van der Waals surface area contributed by atoms with E-state index in [0.717, 1.165) is 5.56 Å². The second kappa shape index (κ2) is 5.48. The summed E-state index contributed by atoms with van der Waals surface area (Å²) in [6.45, 7) is 1.78. The SMILES string of the molecule is Cc1cc(C(=N)/C=C(\N)c2ccc(O)cc2)ccc1O. The smallest absolute Gasteiger partial charge is 0.118 e. The first-order chi connectivity index (χ1) is 9.47. The minimum Gasteiger partial charge on any atom is -0.508 e. The number of benzene rings is 2. The van der Waals surface area contributed by atoms with E-state index in [9.17, 15) is 10.2 Å². The summed E-state index contributed by atoms with van der Waals surface area (Å²) in [7, 11) is 0. The number of phenolic OH excluding ortho intramolecular Hbond substituents is 2. The van der Waals surface area contributed by atoms with Crippen molar-refractivity contribution in [1.82, 2.24) is 0 Å². The van der Waals surface area contributed by atoms with Crippen LogP contribution in [-0.2, 0) is 0 Å². The van der Waals surface area contributed by atoms with Gasteiger partial charge in [-0.1, -0.05) is 0 Å². The van der Waals surface area contributed by atoms with Crippen molar-refractivity contribution in [1.29, 1.82) is 5.41 Å². The van der Waals surface area contributed by atoms with Crippen LogP contribution in [0.15, 0.2) is 48.5 Å². The van der Waals surface area contributed by atoms with E-state index < -0.39 is 0 Å². The molecule has 5 N–H and O–H groups in total. The van der Waals surface area contributed by atoms with Crippen molar-refractivity contribution >= 4 is 11.4 Å². The van der Waals surface area contributed by atoms with Crippen molar-refractivity contribution in [2.24, 2.45) is 5.73 Å². The maximum atomic E-state index is 9.48. The Balaban J connectivity index is 2.27. The lowest BCUT2D eigenvalue weighted by molar-refractivity contribution is 0.471. The van der Waals surface area contributed by atoms with Crippen molar-refractivity contribution in [3.05, 3.63) is 65.2 Å². The van der Waals surface area contributed by atoms with Gasteiger partial charge in [-0.2, -0.15) is 0 Å². The average Bonchev–Trinajstić information content (AvgIpc) is 2.42. The lowest BCUT2D eigenvalue weighted by Gasteiger charge is -2.05. The van der Waals surface area contributed by atoms with Crippen molar-refractivity contribution < 1.29 is 10.2 Å². The highest BCUT2D eigenvalue weighted by Crippen LogP contribution is 2.19. The molecule has 0 saturated carbocycles. The van der Waals surface area contributed by atoms with Gasteiger partial charge in [-0.3, -0.25) is 0 Å². The van der Waals surface area contributed by atoms with Crippen molar-refractivity contribution in [2.45, 2.75) is 6.92 Å². The zero-order valence-corrected chi connectivity index (χ0v) is 11.1. The third-order valence-corrected chi connectivity index (χ3v) is 3.01. The van der Waals surface area contributed by atoms with Gasteiger partial charge in [-0.15, -0.1) is 0 Å². The van der Waals surface area contributed by atoms with E-state index in [1.165, 1.54) is 0 Å². The third-order valence-electron chi connectivity index (χ3n) is 3.01. The molecule has 0 aliphatic heterocycles. The van der Waals surface area contributed by atoms with E-state index in [4.69, 9.17) is 11.1 Å². The molecule has 20 heavy (non-hydrogen) atoms. The Kier molecular flexibility index (Phi) is 3.75. The van der Waals surface area contributed by atoms with Gasteiger partial charge < -0.3 is 21.4 Å². The highest BCUT2D eigenvalue weighted by molar-refractivity contribution is 6.10. The Hall–Kier alpha value is -2.75. The van der Waals surface area contributed by atoms with E-state index in [1.54, 1.807) is 55.5 Å². The molecule has 2 aromatic rings. The van der Waals surface area contributed by atoms with Gasteiger partial charge in [0.25, 0.3) is 0 Å². The molecular weight excluding hydrogens is 252 g/mol.